The Morgan fingerprint density at radius 1 is 1.53 bits per heavy atom. The Morgan fingerprint density at radius 3 is 2.88 bits per heavy atom. The molecule has 0 spiro atoms. The molecule has 5 heteroatoms. The van der Waals surface area contributed by atoms with E-state index in [9.17, 15) is 9.90 Å². The fraction of sp³-hybridized carbons (Fsp3) is 0.333. The highest BCUT2D eigenvalue weighted by atomic mass is 16.5. The molecule has 0 fully saturated rings. The zero-order valence-corrected chi connectivity index (χ0v) is 9.75. The number of ether oxygens (including phenoxy) is 1. The summed E-state index contributed by atoms with van der Waals surface area (Å²) < 4.78 is 6.46. The third-order valence-corrected chi connectivity index (χ3v) is 2.58. The van der Waals surface area contributed by atoms with Gasteiger partial charge in [0.15, 0.2) is 0 Å². The minimum atomic E-state index is -1.34. The average molecular weight is 234 g/mol. The Bertz CT molecular complexity index is 548. The maximum atomic E-state index is 11.4. The molecule has 1 atom stereocenters. The molecule has 0 aliphatic carbocycles. The fourth-order valence-electron chi connectivity index (χ4n) is 1.74. The number of para-hydroxylation sites is 2. The van der Waals surface area contributed by atoms with E-state index in [0.717, 1.165) is 11.0 Å². The first-order valence-corrected chi connectivity index (χ1v) is 5.41. The molecule has 1 aromatic heterocycles. The van der Waals surface area contributed by atoms with Crippen LogP contribution in [-0.2, 0) is 16.6 Å². The first-order valence-electron chi connectivity index (χ1n) is 5.41. The number of aryl methyl sites for hydroxylation is 1. The molecule has 17 heavy (non-hydrogen) atoms. The quantitative estimate of drug-likeness (QED) is 0.810. The number of carbonyl (C=O) groups excluding carboxylic acids is 1. The van der Waals surface area contributed by atoms with Crippen LogP contribution in [0.2, 0.25) is 0 Å². The number of hydrogen-bond acceptors (Lipinski definition) is 4. The van der Waals surface area contributed by atoms with Crippen LogP contribution in [0.5, 0.6) is 0 Å². The standard InChI is InChI=1S/C12H14N2O3/c1-3-17-12(16)10(15)11-13-8-6-4-5-7-9(8)14(11)2/h4-7,10,15H,3H2,1-2H3. The zero-order valence-electron chi connectivity index (χ0n) is 9.75. The molecule has 1 N–H and O–H groups in total. The summed E-state index contributed by atoms with van der Waals surface area (Å²) in [5, 5.41) is 9.84. The van der Waals surface area contributed by atoms with Gasteiger partial charge in [-0.25, -0.2) is 9.78 Å². The van der Waals surface area contributed by atoms with Crippen molar-refractivity contribution in [3.05, 3.63) is 30.1 Å². The van der Waals surface area contributed by atoms with Gasteiger partial charge >= 0.3 is 5.97 Å². The van der Waals surface area contributed by atoms with E-state index < -0.39 is 12.1 Å². The van der Waals surface area contributed by atoms with E-state index in [1.807, 2.05) is 24.3 Å². The molecule has 0 amide bonds. The van der Waals surface area contributed by atoms with Gasteiger partial charge in [-0.2, -0.15) is 0 Å². The first-order chi connectivity index (χ1) is 8.15. The monoisotopic (exact) mass is 234 g/mol. The topological polar surface area (TPSA) is 64.3 Å². The number of carbonyl (C=O) groups is 1. The Labute approximate surface area is 98.6 Å². The van der Waals surface area contributed by atoms with E-state index in [1.54, 1.807) is 18.5 Å². The molecule has 0 aliphatic rings. The molecule has 1 aromatic carbocycles. The van der Waals surface area contributed by atoms with Gasteiger partial charge in [-0.3, -0.25) is 0 Å². The van der Waals surface area contributed by atoms with Gasteiger partial charge in [0, 0.05) is 7.05 Å². The smallest absolute Gasteiger partial charge is 0.342 e. The minimum absolute atomic E-state index is 0.236. The van der Waals surface area contributed by atoms with E-state index in [0.29, 0.717) is 5.82 Å². The van der Waals surface area contributed by atoms with E-state index in [4.69, 9.17) is 4.74 Å². The Kier molecular flexibility index (Phi) is 3.10. The SMILES string of the molecule is CCOC(=O)C(O)c1nc2ccccc2n1C. The second kappa shape index (κ2) is 4.55. The summed E-state index contributed by atoms with van der Waals surface area (Å²) in [6.07, 6.45) is -1.34. The van der Waals surface area contributed by atoms with Gasteiger partial charge in [0.25, 0.3) is 0 Å². The van der Waals surface area contributed by atoms with Gasteiger partial charge in [-0.05, 0) is 19.1 Å². The van der Waals surface area contributed by atoms with Crippen molar-refractivity contribution in [3.8, 4) is 0 Å². The molecule has 0 saturated carbocycles. The Balaban J connectivity index is 2.42. The summed E-state index contributed by atoms with van der Waals surface area (Å²) in [6, 6.07) is 7.45. The number of imidazole rings is 1. The number of aliphatic hydroxyl groups excluding tert-OH is 1. The lowest BCUT2D eigenvalue weighted by atomic mass is 10.3. The van der Waals surface area contributed by atoms with Crippen LogP contribution in [0.25, 0.3) is 11.0 Å². The molecule has 0 aliphatic heterocycles. The number of aromatic nitrogens is 2. The van der Waals surface area contributed by atoms with E-state index in [1.165, 1.54) is 0 Å². The van der Waals surface area contributed by atoms with Crippen LogP contribution >= 0.6 is 0 Å². The van der Waals surface area contributed by atoms with Crippen molar-refractivity contribution in [3.63, 3.8) is 0 Å². The fourth-order valence-corrected chi connectivity index (χ4v) is 1.74. The van der Waals surface area contributed by atoms with Crippen LogP contribution in [0.4, 0.5) is 0 Å². The maximum absolute atomic E-state index is 11.4. The predicted molar refractivity (Wildman–Crippen MR) is 62.3 cm³/mol. The number of esters is 1. The molecule has 5 nitrogen and oxygen atoms in total. The van der Waals surface area contributed by atoms with Crippen molar-refractivity contribution >= 4 is 17.0 Å². The molecule has 1 heterocycles. The molecule has 0 bridgehead atoms. The highest BCUT2D eigenvalue weighted by molar-refractivity contribution is 5.80. The number of nitrogens with zero attached hydrogens (tertiary/aromatic N) is 2. The average Bonchev–Trinajstić information content (AvgIpc) is 2.67. The van der Waals surface area contributed by atoms with E-state index >= 15 is 0 Å². The minimum Gasteiger partial charge on any atom is -0.464 e. The molecular weight excluding hydrogens is 220 g/mol. The maximum Gasteiger partial charge on any atom is 0.342 e. The van der Waals surface area contributed by atoms with Crippen LogP contribution in [0.15, 0.2) is 24.3 Å². The largest absolute Gasteiger partial charge is 0.464 e. The van der Waals surface area contributed by atoms with Crippen LogP contribution in [0, 0.1) is 0 Å². The summed E-state index contributed by atoms with van der Waals surface area (Å²) >= 11 is 0. The number of fused-ring (bicyclic) bond motifs is 1. The summed E-state index contributed by atoms with van der Waals surface area (Å²) in [5.41, 5.74) is 1.61. The molecule has 90 valence electrons. The van der Waals surface area contributed by atoms with Gasteiger partial charge in [-0.15, -0.1) is 0 Å². The van der Waals surface area contributed by atoms with E-state index in [-0.39, 0.29) is 6.61 Å². The molecule has 2 rings (SSSR count). The highest BCUT2D eigenvalue weighted by Crippen LogP contribution is 2.20. The molecular formula is C12H14N2O3. The first kappa shape index (κ1) is 11.6. The van der Waals surface area contributed by atoms with Crippen molar-refractivity contribution in [1.29, 1.82) is 0 Å². The zero-order chi connectivity index (χ0) is 12.4. The Hall–Kier alpha value is -1.88. The molecule has 0 radical (unpaired) electrons. The van der Waals surface area contributed by atoms with Crippen molar-refractivity contribution < 1.29 is 14.6 Å². The van der Waals surface area contributed by atoms with Crippen LogP contribution < -0.4 is 0 Å². The van der Waals surface area contributed by atoms with Crippen LogP contribution in [-0.4, -0.2) is 27.2 Å². The van der Waals surface area contributed by atoms with Crippen LogP contribution in [0.3, 0.4) is 0 Å². The van der Waals surface area contributed by atoms with Gasteiger partial charge in [0.2, 0.25) is 6.10 Å². The van der Waals surface area contributed by atoms with Crippen molar-refractivity contribution in [2.75, 3.05) is 6.61 Å². The second-order valence-electron chi connectivity index (χ2n) is 3.67. The van der Waals surface area contributed by atoms with Gasteiger partial charge < -0.3 is 14.4 Å². The lowest BCUT2D eigenvalue weighted by molar-refractivity contribution is -0.153. The van der Waals surface area contributed by atoms with Crippen molar-refractivity contribution in [1.82, 2.24) is 9.55 Å². The lowest BCUT2D eigenvalue weighted by Gasteiger charge is -2.09. The van der Waals surface area contributed by atoms with Gasteiger partial charge in [-0.1, -0.05) is 12.1 Å². The molecule has 0 saturated heterocycles. The normalized spacial score (nSPS) is 12.6. The second-order valence-corrected chi connectivity index (χ2v) is 3.67. The summed E-state index contributed by atoms with van der Waals surface area (Å²) in [6.45, 7) is 1.93. The highest BCUT2D eigenvalue weighted by Gasteiger charge is 2.24. The number of rotatable bonds is 3. The summed E-state index contributed by atoms with van der Waals surface area (Å²) in [4.78, 5) is 15.7. The third kappa shape index (κ3) is 2.01. The van der Waals surface area contributed by atoms with Gasteiger partial charge in [0.1, 0.15) is 5.82 Å². The van der Waals surface area contributed by atoms with Crippen molar-refractivity contribution in [2.45, 2.75) is 13.0 Å². The third-order valence-electron chi connectivity index (χ3n) is 2.58. The lowest BCUT2D eigenvalue weighted by Crippen LogP contribution is -2.18. The van der Waals surface area contributed by atoms with Crippen molar-refractivity contribution in [2.24, 2.45) is 7.05 Å². The number of hydrogen-bond donors (Lipinski definition) is 1. The van der Waals surface area contributed by atoms with Crippen LogP contribution in [0.1, 0.15) is 18.9 Å². The number of benzene rings is 1. The molecule has 1 unspecified atom stereocenters. The summed E-state index contributed by atoms with van der Waals surface area (Å²) in [5.74, 6) is -0.379. The number of aliphatic hydroxyl groups is 1. The van der Waals surface area contributed by atoms with E-state index in [2.05, 4.69) is 4.98 Å². The predicted octanol–water partition coefficient (Wildman–Crippen LogP) is 1.17. The summed E-state index contributed by atoms with van der Waals surface area (Å²) in [7, 11) is 1.76. The van der Waals surface area contributed by atoms with Gasteiger partial charge in [0.05, 0.1) is 17.6 Å². The molecule has 2 aromatic rings. The Morgan fingerprint density at radius 2 is 2.24 bits per heavy atom.